The fourth-order valence-corrected chi connectivity index (χ4v) is 3.34. The van der Waals surface area contributed by atoms with E-state index < -0.39 is 0 Å². The number of carbonyl (C=O) groups excluding carboxylic acids is 2. The molecule has 2 amide bonds. The fourth-order valence-electron chi connectivity index (χ4n) is 3.34. The van der Waals surface area contributed by atoms with Gasteiger partial charge in [0.05, 0.1) is 30.0 Å². The molecule has 4 heterocycles. The van der Waals surface area contributed by atoms with E-state index in [2.05, 4.69) is 15.5 Å². The fraction of sp³-hybridized carbons (Fsp3) is 0.444. The summed E-state index contributed by atoms with van der Waals surface area (Å²) in [6.07, 6.45) is 2.59. The van der Waals surface area contributed by atoms with Gasteiger partial charge in [-0.2, -0.15) is 0 Å². The molecule has 2 aliphatic heterocycles. The zero-order chi connectivity index (χ0) is 18.4. The summed E-state index contributed by atoms with van der Waals surface area (Å²) >= 11 is 0. The molecule has 2 aliphatic rings. The molecule has 0 saturated carbocycles. The van der Waals surface area contributed by atoms with Gasteiger partial charge in [0.2, 0.25) is 5.91 Å². The Labute approximate surface area is 151 Å². The van der Waals surface area contributed by atoms with Crippen molar-refractivity contribution in [2.75, 3.05) is 23.3 Å². The molecule has 1 saturated heterocycles. The number of rotatable bonds is 3. The van der Waals surface area contributed by atoms with Gasteiger partial charge in [0.15, 0.2) is 5.82 Å². The molecule has 26 heavy (non-hydrogen) atoms. The van der Waals surface area contributed by atoms with Crippen LogP contribution in [0, 0.1) is 13.8 Å². The highest BCUT2D eigenvalue weighted by Gasteiger charge is 2.32. The summed E-state index contributed by atoms with van der Waals surface area (Å²) in [4.78, 5) is 33.0. The molecule has 0 spiro atoms. The smallest absolute Gasteiger partial charge is 0.255 e. The zero-order valence-electron chi connectivity index (χ0n) is 15.1. The van der Waals surface area contributed by atoms with Crippen molar-refractivity contribution >= 4 is 23.3 Å². The number of likely N-dealkylation sites (tertiary alicyclic amines) is 1. The first kappa shape index (κ1) is 16.6. The molecule has 0 aromatic carbocycles. The summed E-state index contributed by atoms with van der Waals surface area (Å²) in [7, 11) is 0. The maximum absolute atomic E-state index is 12.7. The number of hydrogen-bond donors (Lipinski definition) is 1. The van der Waals surface area contributed by atoms with E-state index >= 15 is 0 Å². The largest absolute Gasteiger partial charge is 0.361 e. The molecular formula is C18H21N5O3. The van der Waals surface area contributed by atoms with E-state index in [1.165, 1.54) is 0 Å². The molecule has 0 aliphatic carbocycles. The van der Waals surface area contributed by atoms with Gasteiger partial charge in [0, 0.05) is 24.3 Å². The number of pyridine rings is 1. The van der Waals surface area contributed by atoms with E-state index in [0.29, 0.717) is 29.4 Å². The van der Waals surface area contributed by atoms with Crippen molar-refractivity contribution in [3.63, 3.8) is 0 Å². The number of fused-ring (bicyclic) bond motifs is 1. The van der Waals surface area contributed by atoms with Crippen LogP contribution >= 0.6 is 0 Å². The molecule has 0 radical (unpaired) electrons. The Morgan fingerprint density at radius 1 is 1.42 bits per heavy atom. The molecule has 8 nitrogen and oxygen atoms in total. The van der Waals surface area contributed by atoms with Crippen molar-refractivity contribution in [3.05, 3.63) is 34.8 Å². The Balaban J connectivity index is 1.68. The summed E-state index contributed by atoms with van der Waals surface area (Å²) in [5.41, 5.74) is 2.74. The Hall–Kier alpha value is -2.90. The lowest BCUT2D eigenvalue weighted by atomic mass is 10.0. The number of hydrogen-bond acceptors (Lipinski definition) is 6. The van der Waals surface area contributed by atoms with Crippen LogP contribution in [0.1, 0.15) is 40.7 Å². The lowest BCUT2D eigenvalue weighted by Gasteiger charge is -2.39. The highest BCUT2D eigenvalue weighted by Crippen LogP contribution is 2.32. The van der Waals surface area contributed by atoms with Crippen molar-refractivity contribution in [2.24, 2.45) is 0 Å². The standard InChI is InChI=1S/C18H21N5O3/c1-10-4-5-22(10)18(25)13-6-15-17(19-7-13)20-8-16(24)23(15)9-14-11(2)21-26-12(14)3/h6-7,10H,4-5,8-9H2,1-3H3,(H,19,20). The van der Waals surface area contributed by atoms with Crippen molar-refractivity contribution < 1.29 is 14.1 Å². The lowest BCUT2D eigenvalue weighted by molar-refractivity contribution is -0.117. The van der Waals surface area contributed by atoms with Crippen LogP contribution in [0.15, 0.2) is 16.8 Å². The normalized spacial score (nSPS) is 19.0. The molecule has 2 aromatic heterocycles. The monoisotopic (exact) mass is 355 g/mol. The molecule has 0 bridgehead atoms. The number of aryl methyl sites for hydroxylation is 2. The average Bonchev–Trinajstić information content (AvgIpc) is 2.94. The van der Waals surface area contributed by atoms with E-state index in [1.807, 2.05) is 25.7 Å². The van der Waals surface area contributed by atoms with E-state index in [4.69, 9.17) is 4.52 Å². The van der Waals surface area contributed by atoms with Gasteiger partial charge in [-0.25, -0.2) is 4.98 Å². The predicted octanol–water partition coefficient (Wildman–Crippen LogP) is 1.88. The van der Waals surface area contributed by atoms with E-state index in [9.17, 15) is 9.59 Å². The summed E-state index contributed by atoms with van der Waals surface area (Å²) in [5.74, 6) is 1.16. The molecule has 1 atom stereocenters. The Kier molecular flexibility index (Phi) is 3.90. The number of carbonyl (C=O) groups is 2. The third kappa shape index (κ3) is 2.61. The molecule has 1 fully saturated rings. The van der Waals surface area contributed by atoms with E-state index in [0.717, 1.165) is 24.2 Å². The van der Waals surface area contributed by atoms with Gasteiger partial charge in [-0.05, 0) is 33.3 Å². The summed E-state index contributed by atoms with van der Waals surface area (Å²) in [5, 5.41) is 6.97. The maximum Gasteiger partial charge on any atom is 0.255 e. The third-order valence-electron chi connectivity index (χ3n) is 5.19. The predicted molar refractivity (Wildman–Crippen MR) is 95.0 cm³/mol. The molecule has 4 rings (SSSR count). The van der Waals surface area contributed by atoms with Crippen LogP contribution in [-0.2, 0) is 11.3 Å². The number of nitrogens with one attached hydrogen (secondary N) is 1. The van der Waals surface area contributed by atoms with Crippen molar-refractivity contribution in [1.82, 2.24) is 15.0 Å². The molecule has 1 N–H and O–H groups in total. The van der Waals surface area contributed by atoms with Gasteiger partial charge in [0.25, 0.3) is 5.91 Å². The van der Waals surface area contributed by atoms with Crippen molar-refractivity contribution in [1.29, 1.82) is 0 Å². The second-order valence-corrected chi connectivity index (χ2v) is 6.86. The third-order valence-corrected chi connectivity index (χ3v) is 5.19. The SMILES string of the molecule is Cc1noc(C)c1CN1C(=O)CNc2ncc(C(=O)N3CCC3C)cc21. The first-order valence-corrected chi connectivity index (χ1v) is 8.72. The number of aromatic nitrogens is 2. The van der Waals surface area contributed by atoms with Gasteiger partial charge < -0.3 is 19.6 Å². The van der Waals surface area contributed by atoms with Crippen molar-refractivity contribution in [2.45, 2.75) is 39.8 Å². The zero-order valence-corrected chi connectivity index (χ0v) is 15.1. The van der Waals surface area contributed by atoms with Crippen LogP contribution in [0.3, 0.4) is 0 Å². The quantitative estimate of drug-likeness (QED) is 0.904. The molecule has 8 heteroatoms. The summed E-state index contributed by atoms with van der Waals surface area (Å²) in [6, 6.07) is 1.99. The summed E-state index contributed by atoms with van der Waals surface area (Å²) < 4.78 is 5.21. The highest BCUT2D eigenvalue weighted by molar-refractivity contribution is 6.04. The van der Waals surface area contributed by atoms with Gasteiger partial charge in [-0.15, -0.1) is 0 Å². The number of nitrogens with zero attached hydrogens (tertiary/aromatic N) is 4. The minimum absolute atomic E-state index is 0.0469. The van der Waals surface area contributed by atoms with Gasteiger partial charge in [-0.3, -0.25) is 9.59 Å². The topological polar surface area (TPSA) is 91.6 Å². The Morgan fingerprint density at radius 2 is 2.23 bits per heavy atom. The molecule has 1 unspecified atom stereocenters. The lowest BCUT2D eigenvalue weighted by Crippen LogP contribution is -2.49. The van der Waals surface area contributed by atoms with Gasteiger partial charge >= 0.3 is 0 Å². The van der Waals surface area contributed by atoms with Crippen molar-refractivity contribution in [3.8, 4) is 0 Å². The van der Waals surface area contributed by atoms with Crippen LogP contribution in [0.5, 0.6) is 0 Å². The Bertz CT molecular complexity index is 871. The Morgan fingerprint density at radius 3 is 2.85 bits per heavy atom. The molecule has 136 valence electrons. The highest BCUT2D eigenvalue weighted by atomic mass is 16.5. The van der Waals surface area contributed by atoms with Crippen LogP contribution < -0.4 is 10.2 Å². The van der Waals surface area contributed by atoms with Gasteiger partial charge in [-0.1, -0.05) is 5.16 Å². The second kappa shape index (κ2) is 6.12. The average molecular weight is 355 g/mol. The van der Waals surface area contributed by atoms with Gasteiger partial charge in [0.1, 0.15) is 5.76 Å². The maximum atomic E-state index is 12.7. The minimum atomic E-state index is -0.0822. The van der Waals surface area contributed by atoms with Crippen LogP contribution in [0.25, 0.3) is 0 Å². The number of amides is 2. The van der Waals surface area contributed by atoms with E-state index in [-0.39, 0.29) is 24.4 Å². The second-order valence-electron chi connectivity index (χ2n) is 6.86. The van der Waals surface area contributed by atoms with E-state index in [1.54, 1.807) is 17.2 Å². The first-order valence-electron chi connectivity index (χ1n) is 8.72. The first-order chi connectivity index (χ1) is 12.5. The minimum Gasteiger partial charge on any atom is -0.361 e. The summed E-state index contributed by atoms with van der Waals surface area (Å²) in [6.45, 7) is 6.97. The molecule has 2 aromatic rings. The van der Waals surface area contributed by atoms with Crippen LogP contribution in [0.4, 0.5) is 11.5 Å². The molecular weight excluding hydrogens is 334 g/mol. The van der Waals surface area contributed by atoms with Crippen LogP contribution in [0.2, 0.25) is 0 Å². The van der Waals surface area contributed by atoms with Crippen LogP contribution in [-0.4, -0.2) is 46.0 Å². The number of anilines is 2.